The molecule has 10 aromatic rings. The molecule has 7 aromatic carbocycles. The quantitative estimate of drug-likeness (QED) is 0.179. The zero-order valence-electron chi connectivity index (χ0n) is 27.1. The van der Waals surface area contributed by atoms with Crippen LogP contribution < -0.4 is 10.6 Å². The van der Waals surface area contributed by atoms with Gasteiger partial charge in [0.2, 0.25) is 0 Å². The molecule has 0 saturated heterocycles. The Labute approximate surface area is 282 Å². The Bertz CT molecular complexity index is 3120. The summed E-state index contributed by atoms with van der Waals surface area (Å²) in [6.45, 7) is 6.11. The van der Waals surface area contributed by atoms with Gasteiger partial charge in [0, 0.05) is 37.8 Å². The van der Waals surface area contributed by atoms with E-state index in [9.17, 15) is 0 Å². The van der Waals surface area contributed by atoms with E-state index < -0.39 is 0 Å². The van der Waals surface area contributed by atoms with Crippen LogP contribution >= 0.6 is 0 Å². The van der Waals surface area contributed by atoms with E-state index in [2.05, 4.69) is 174 Å². The van der Waals surface area contributed by atoms with Crippen molar-refractivity contribution >= 4 is 83.0 Å². The number of pyridine rings is 1. The van der Waals surface area contributed by atoms with Crippen molar-refractivity contribution in [2.45, 2.75) is 6.92 Å². The van der Waals surface area contributed by atoms with E-state index in [4.69, 9.17) is 4.98 Å². The highest BCUT2D eigenvalue weighted by Crippen LogP contribution is 2.40. The van der Waals surface area contributed by atoms with Crippen LogP contribution in [0, 0.1) is 0 Å². The van der Waals surface area contributed by atoms with Crippen LogP contribution in [0.25, 0.3) is 99.8 Å². The van der Waals surface area contributed by atoms with Crippen LogP contribution in [0.4, 0.5) is 0 Å². The van der Waals surface area contributed by atoms with Gasteiger partial charge in [-0.2, -0.15) is 0 Å². The third kappa shape index (κ3) is 3.87. The van der Waals surface area contributed by atoms with Gasteiger partial charge < -0.3 is 4.57 Å². The normalized spacial score (nSPS) is 12.9. The van der Waals surface area contributed by atoms with Gasteiger partial charge in [0.25, 0.3) is 0 Å². The number of nitrogens with zero attached hydrogens (tertiary/aromatic N) is 3. The second kappa shape index (κ2) is 10.5. The maximum Gasteiger partial charge on any atom is 0.146 e. The molecule has 3 aromatic heterocycles. The number of benzene rings is 7. The molecule has 0 amide bonds. The van der Waals surface area contributed by atoms with E-state index in [0.29, 0.717) is 0 Å². The highest BCUT2D eigenvalue weighted by Gasteiger charge is 2.19. The lowest BCUT2D eigenvalue weighted by Crippen LogP contribution is -2.27. The van der Waals surface area contributed by atoms with Crippen molar-refractivity contribution in [1.29, 1.82) is 0 Å². The smallest absolute Gasteiger partial charge is 0.146 e. The predicted molar refractivity (Wildman–Crippen MR) is 209 cm³/mol. The minimum absolute atomic E-state index is 0.992. The number of allylic oxidation sites excluding steroid dienone is 1. The molecule has 0 aliphatic rings. The summed E-state index contributed by atoms with van der Waals surface area (Å²) in [4.78, 5) is 5.39. The first-order valence-electron chi connectivity index (χ1n) is 16.8. The summed E-state index contributed by atoms with van der Waals surface area (Å²) in [5, 5.41) is 12.1. The molecule has 3 heteroatoms. The lowest BCUT2D eigenvalue weighted by molar-refractivity contribution is 1.07. The second-order valence-corrected chi connectivity index (χ2v) is 12.7. The minimum atomic E-state index is 0.992. The summed E-state index contributed by atoms with van der Waals surface area (Å²) in [5.74, 6) is 0. The van der Waals surface area contributed by atoms with Gasteiger partial charge in [-0.25, -0.2) is 4.98 Å². The first kappa shape index (κ1) is 27.6. The van der Waals surface area contributed by atoms with Gasteiger partial charge in [-0.15, -0.1) is 0 Å². The minimum Gasteiger partial charge on any atom is -0.309 e. The van der Waals surface area contributed by atoms with Crippen molar-refractivity contribution in [3.05, 3.63) is 163 Å². The zero-order chi connectivity index (χ0) is 32.6. The molecular formula is C46H31N3. The molecule has 0 radical (unpaired) electrons. The molecule has 0 unspecified atom stereocenters. The molecule has 0 bridgehead atoms. The van der Waals surface area contributed by atoms with E-state index in [1.807, 2.05) is 6.08 Å². The highest BCUT2D eigenvalue weighted by molar-refractivity contribution is 6.26. The van der Waals surface area contributed by atoms with E-state index in [1.165, 1.54) is 59.6 Å². The van der Waals surface area contributed by atoms with Gasteiger partial charge in [-0.3, -0.25) is 4.40 Å². The van der Waals surface area contributed by atoms with E-state index in [1.54, 1.807) is 0 Å². The van der Waals surface area contributed by atoms with Gasteiger partial charge in [-0.1, -0.05) is 128 Å². The van der Waals surface area contributed by atoms with Crippen LogP contribution in [-0.4, -0.2) is 14.0 Å². The Morgan fingerprint density at radius 1 is 0.551 bits per heavy atom. The maximum atomic E-state index is 5.39. The predicted octanol–water partition coefficient (Wildman–Crippen LogP) is 10.5. The number of rotatable bonds is 3. The molecule has 230 valence electrons. The van der Waals surface area contributed by atoms with Crippen LogP contribution in [0.3, 0.4) is 0 Å². The van der Waals surface area contributed by atoms with Crippen molar-refractivity contribution in [2.24, 2.45) is 0 Å². The number of hydrogen-bond donors (Lipinski definition) is 0. The van der Waals surface area contributed by atoms with Crippen LogP contribution in [0.5, 0.6) is 0 Å². The van der Waals surface area contributed by atoms with Crippen molar-refractivity contribution in [2.75, 3.05) is 0 Å². The van der Waals surface area contributed by atoms with Crippen molar-refractivity contribution in [3.8, 4) is 16.8 Å². The molecule has 0 N–H and O–H groups in total. The lowest BCUT2D eigenvalue weighted by Gasteiger charge is -2.13. The van der Waals surface area contributed by atoms with E-state index in [-0.39, 0.29) is 0 Å². The summed E-state index contributed by atoms with van der Waals surface area (Å²) in [6, 6.07) is 50.5. The molecule has 0 aliphatic carbocycles. The van der Waals surface area contributed by atoms with Gasteiger partial charge in [-0.05, 0) is 70.6 Å². The summed E-state index contributed by atoms with van der Waals surface area (Å²) in [6.07, 6.45) is 6.16. The summed E-state index contributed by atoms with van der Waals surface area (Å²) in [5.41, 5.74) is 9.02. The molecule has 3 heterocycles. The SMILES string of the molecule is C=C/C=c1\c(=C/C)c2ccccc2n1-c1ccc(-c2ccc3c(c2)c2ccccc2c2nc4c5ccccc5c5ccccc5c4n32)cc1. The zero-order valence-corrected chi connectivity index (χ0v) is 27.1. The number of hydrogen-bond acceptors (Lipinski definition) is 1. The monoisotopic (exact) mass is 625 g/mol. The fourth-order valence-electron chi connectivity index (χ4n) is 8.10. The Hall–Kier alpha value is -6.45. The Morgan fingerprint density at radius 2 is 1.14 bits per heavy atom. The largest absolute Gasteiger partial charge is 0.309 e. The van der Waals surface area contributed by atoms with Crippen LogP contribution in [0.15, 0.2) is 152 Å². The lowest BCUT2D eigenvalue weighted by atomic mass is 9.98. The highest BCUT2D eigenvalue weighted by atomic mass is 15.0. The van der Waals surface area contributed by atoms with Gasteiger partial charge in [0.05, 0.1) is 27.4 Å². The third-order valence-electron chi connectivity index (χ3n) is 10.2. The maximum absolute atomic E-state index is 5.39. The van der Waals surface area contributed by atoms with Crippen molar-refractivity contribution in [1.82, 2.24) is 14.0 Å². The summed E-state index contributed by atoms with van der Waals surface area (Å²) < 4.78 is 4.73. The molecule has 0 fully saturated rings. The van der Waals surface area contributed by atoms with Crippen molar-refractivity contribution in [3.63, 3.8) is 0 Å². The van der Waals surface area contributed by atoms with Gasteiger partial charge >= 0.3 is 0 Å². The molecule has 10 rings (SSSR count). The average molecular weight is 626 g/mol. The van der Waals surface area contributed by atoms with Gasteiger partial charge in [0.15, 0.2) is 0 Å². The van der Waals surface area contributed by atoms with Crippen LogP contribution in [0.1, 0.15) is 6.92 Å². The van der Waals surface area contributed by atoms with Crippen LogP contribution in [0.2, 0.25) is 0 Å². The third-order valence-corrected chi connectivity index (χ3v) is 10.2. The molecule has 0 saturated carbocycles. The Kier molecular flexibility index (Phi) is 5.94. The molecule has 0 spiro atoms. The second-order valence-electron chi connectivity index (χ2n) is 12.7. The fraction of sp³-hybridized carbons (Fsp3) is 0.0217. The first-order chi connectivity index (χ1) is 24.2. The summed E-state index contributed by atoms with van der Waals surface area (Å²) >= 11 is 0. The molecule has 49 heavy (non-hydrogen) atoms. The average Bonchev–Trinajstić information content (AvgIpc) is 3.72. The number of aromatic nitrogens is 3. The van der Waals surface area contributed by atoms with E-state index in [0.717, 1.165) is 38.6 Å². The molecular weight excluding hydrogens is 595 g/mol. The Morgan fingerprint density at radius 3 is 1.86 bits per heavy atom. The van der Waals surface area contributed by atoms with Crippen molar-refractivity contribution < 1.29 is 0 Å². The van der Waals surface area contributed by atoms with Crippen LogP contribution in [-0.2, 0) is 0 Å². The first-order valence-corrected chi connectivity index (χ1v) is 16.8. The van der Waals surface area contributed by atoms with Gasteiger partial charge in [0.1, 0.15) is 5.65 Å². The summed E-state index contributed by atoms with van der Waals surface area (Å²) in [7, 11) is 0. The fourth-order valence-corrected chi connectivity index (χ4v) is 8.10. The topological polar surface area (TPSA) is 22.2 Å². The number of para-hydroxylation sites is 1. The molecule has 3 nitrogen and oxygen atoms in total. The number of imidazole rings is 1. The Balaban J connectivity index is 1.22. The molecule has 0 atom stereocenters. The standard InChI is InChI=1S/C46H31N3/c1-3-13-41-32(4-2)36-17-11-12-21-42(36)48(41)31-25-22-29(23-26-31)30-24-27-43-40(28-30)35-16-7-10-20-39(35)46-47-44-37-18-8-5-14-33(37)34-15-6-9-19-38(34)45(44)49(43)46/h3-28H,1H2,2H3/b32-4-,41-13+. The number of fused-ring (bicyclic) bond motifs is 14. The molecule has 0 aliphatic heterocycles. The van der Waals surface area contributed by atoms with E-state index >= 15 is 0 Å².